The van der Waals surface area contributed by atoms with Crippen LogP contribution in [0.25, 0.3) is 6.08 Å². The minimum Gasteiger partial charge on any atom is -0.493 e. The average molecular weight is 363 g/mol. The van der Waals surface area contributed by atoms with Gasteiger partial charge in [0.2, 0.25) is 0 Å². The number of nitrogens with zero attached hydrogens (tertiary/aromatic N) is 1. The summed E-state index contributed by atoms with van der Waals surface area (Å²) in [5.74, 6) is -0.828. The lowest BCUT2D eigenvalue weighted by molar-refractivity contribution is -0.139. The van der Waals surface area contributed by atoms with Gasteiger partial charge in [0.15, 0.2) is 18.1 Å². The van der Waals surface area contributed by atoms with E-state index in [-0.39, 0.29) is 11.1 Å². The molecule has 1 aromatic rings. The SMILES string of the molecule is C=CCc1cc(/C=C2\SC(=O)N(C)C2=O)cc(OC)c1OCC(=O)O. The van der Waals surface area contributed by atoms with Crippen LogP contribution in [-0.2, 0) is 16.0 Å². The van der Waals surface area contributed by atoms with E-state index in [0.717, 1.165) is 16.7 Å². The van der Waals surface area contributed by atoms with Crippen molar-refractivity contribution in [3.05, 3.63) is 40.8 Å². The molecule has 0 aliphatic carbocycles. The van der Waals surface area contributed by atoms with Gasteiger partial charge in [-0.15, -0.1) is 6.58 Å². The second-order valence-corrected chi connectivity index (χ2v) is 6.12. The molecule has 0 saturated carbocycles. The van der Waals surface area contributed by atoms with Crippen LogP contribution in [0.5, 0.6) is 11.5 Å². The summed E-state index contributed by atoms with van der Waals surface area (Å²) in [5, 5.41) is 8.47. The number of thioether (sulfide) groups is 1. The molecule has 1 N–H and O–H groups in total. The second-order valence-electron chi connectivity index (χ2n) is 5.13. The molecule has 0 atom stereocenters. The van der Waals surface area contributed by atoms with Crippen LogP contribution in [-0.4, -0.2) is 47.9 Å². The molecule has 2 rings (SSSR count). The van der Waals surface area contributed by atoms with Gasteiger partial charge in [0.1, 0.15) is 0 Å². The van der Waals surface area contributed by atoms with Crippen LogP contribution >= 0.6 is 11.8 Å². The number of imide groups is 1. The molecule has 1 aliphatic rings. The molecule has 1 aliphatic heterocycles. The van der Waals surface area contributed by atoms with Gasteiger partial charge in [-0.3, -0.25) is 14.5 Å². The standard InChI is InChI=1S/C17H17NO6S/c1-4-5-11-6-10(8-13-16(21)18(2)17(22)25-13)7-12(23-3)15(11)24-9-14(19)20/h4,6-8H,1,5,9H2,2-3H3,(H,19,20)/b13-8-. The Balaban J connectivity index is 2.45. The van der Waals surface area contributed by atoms with Gasteiger partial charge < -0.3 is 14.6 Å². The number of aliphatic carboxylic acids is 1. The van der Waals surface area contributed by atoms with Gasteiger partial charge in [0, 0.05) is 12.6 Å². The van der Waals surface area contributed by atoms with Crippen molar-refractivity contribution in [2.75, 3.05) is 20.8 Å². The van der Waals surface area contributed by atoms with Crippen LogP contribution < -0.4 is 9.47 Å². The summed E-state index contributed by atoms with van der Waals surface area (Å²) in [6, 6.07) is 3.36. The number of ether oxygens (including phenoxy) is 2. The number of likely N-dealkylation sites (N-methyl/N-ethyl adjacent to an activating group) is 1. The van der Waals surface area contributed by atoms with Gasteiger partial charge in [0.25, 0.3) is 11.1 Å². The number of carbonyl (C=O) groups excluding carboxylic acids is 2. The van der Waals surface area contributed by atoms with Crippen molar-refractivity contribution >= 4 is 35.0 Å². The number of benzene rings is 1. The number of methoxy groups -OCH3 is 1. The lowest BCUT2D eigenvalue weighted by Crippen LogP contribution is -2.22. The molecule has 0 aromatic heterocycles. The number of hydrogen-bond donors (Lipinski definition) is 1. The van der Waals surface area contributed by atoms with Crippen molar-refractivity contribution in [2.24, 2.45) is 0 Å². The van der Waals surface area contributed by atoms with E-state index in [1.165, 1.54) is 14.2 Å². The van der Waals surface area contributed by atoms with Gasteiger partial charge >= 0.3 is 5.97 Å². The zero-order valence-corrected chi connectivity index (χ0v) is 14.6. The number of carboxylic acids is 1. The summed E-state index contributed by atoms with van der Waals surface area (Å²) < 4.78 is 10.6. The highest BCUT2D eigenvalue weighted by atomic mass is 32.2. The lowest BCUT2D eigenvalue weighted by atomic mass is 10.0. The van der Waals surface area contributed by atoms with Gasteiger partial charge in [-0.05, 0) is 42.0 Å². The minimum atomic E-state index is -1.10. The fraction of sp³-hybridized carbons (Fsp3) is 0.235. The number of amides is 2. The van der Waals surface area contributed by atoms with Crippen LogP contribution in [0.15, 0.2) is 29.7 Å². The maximum Gasteiger partial charge on any atom is 0.341 e. The average Bonchev–Trinajstić information content (AvgIpc) is 2.80. The third-order valence-electron chi connectivity index (χ3n) is 3.36. The maximum absolute atomic E-state index is 12.0. The number of hydrogen-bond acceptors (Lipinski definition) is 6. The van der Waals surface area contributed by atoms with Crippen molar-refractivity contribution in [1.29, 1.82) is 0 Å². The first kappa shape index (κ1) is 18.6. The van der Waals surface area contributed by atoms with Gasteiger partial charge in [0.05, 0.1) is 12.0 Å². The van der Waals surface area contributed by atoms with Crippen LogP contribution in [0.2, 0.25) is 0 Å². The van der Waals surface area contributed by atoms with Gasteiger partial charge in [-0.1, -0.05) is 6.08 Å². The Morgan fingerprint density at radius 2 is 2.12 bits per heavy atom. The molecule has 8 heteroatoms. The molecule has 0 radical (unpaired) electrons. The van der Waals surface area contributed by atoms with Crippen LogP contribution in [0, 0.1) is 0 Å². The summed E-state index contributed by atoms with van der Waals surface area (Å²) in [5.41, 5.74) is 1.30. The van der Waals surface area contributed by atoms with Crippen molar-refractivity contribution in [2.45, 2.75) is 6.42 Å². The lowest BCUT2D eigenvalue weighted by Gasteiger charge is -2.14. The molecule has 132 valence electrons. The van der Waals surface area contributed by atoms with E-state index in [1.54, 1.807) is 24.3 Å². The summed E-state index contributed by atoms with van der Waals surface area (Å²) in [6.07, 6.45) is 3.65. The Morgan fingerprint density at radius 1 is 1.40 bits per heavy atom. The highest BCUT2D eigenvalue weighted by Crippen LogP contribution is 2.36. The monoisotopic (exact) mass is 363 g/mol. The molecular weight excluding hydrogens is 346 g/mol. The molecule has 2 amide bonds. The van der Waals surface area contributed by atoms with Gasteiger partial charge in [-0.25, -0.2) is 4.79 Å². The molecule has 1 heterocycles. The second kappa shape index (κ2) is 7.89. The first-order valence-corrected chi connectivity index (χ1v) is 8.07. The van der Waals surface area contributed by atoms with E-state index < -0.39 is 12.6 Å². The highest BCUT2D eigenvalue weighted by Gasteiger charge is 2.31. The zero-order chi connectivity index (χ0) is 18.6. The molecule has 1 aromatic carbocycles. The Bertz CT molecular complexity index is 771. The third-order valence-corrected chi connectivity index (χ3v) is 4.32. The molecule has 0 unspecified atom stereocenters. The molecule has 25 heavy (non-hydrogen) atoms. The summed E-state index contributed by atoms with van der Waals surface area (Å²) in [4.78, 5) is 35.7. The Kier molecular flexibility index (Phi) is 5.87. The highest BCUT2D eigenvalue weighted by molar-refractivity contribution is 8.18. The Morgan fingerprint density at radius 3 is 2.64 bits per heavy atom. The molecule has 0 spiro atoms. The van der Waals surface area contributed by atoms with Crippen molar-refractivity contribution < 1.29 is 29.0 Å². The number of carbonyl (C=O) groups is 3. The van der Waals surface area contributed by atoms with Crippen LogP contribution in [0.4, 0.5) is 4.79 Å². The normalized spacial score (nSPS) is 15.6. The summed E-state index contributed by atoms with van der Waals surface area (Å²) in [6.45, 7) is 3.17. The van der Waals surface area contributed by atoms with E-state index in [9.17, 15) is 14.4 Å². The van der Waals surface area contributed by atoms with Crippen LogP contribution in [0.3, 0.4) is 0 Å². The molecular formula is C17H17NO6S. The molecule has 1 saturated heterocycles. The zero-order valence-electron chi connectivity index (χ0n) is 13.8. The fourth-order valence-electron chi connectivity index (χ4n) is 2.22. The summed E-state index contributed by atoms with van der Waals surface area (Å²) >= 11 is 0.856. The van der Waals surface area contributed by atoms with Crippen LogP contribution in [0.1, 0.15) is 11.1 Å². The Hall–Kier alpha value is -2.74. The van der Waals surface area contributed by atoms with E-state index >= 15 is 0 Å². The van der Waals surface area contributed by atoms with E-state index in [0.29, 0.717) is 34.0 Å². The fourth-order valence-corrected chi connectivity index (χ4v) is 3.05. The predicted molar refractivity (Wildman–Crippen MR) is 93.8 cm³/mol. The van der Waals surface area contributed by atoms with Gasteiger partial charge in [-0.2, -0.15) is 0 Å². The Labute approximate surface area is 148 Å². The smallest absolute Gasteiger partial charge is 0.341 e. The van der Waals surface area contributed by atoms with Crippen molar-refractivity contribution in [3.8, 4) is 11.5 Å². The molecule has 7 nitrogen and oxygen atoms in total. The maximum atomic E-state index is 12.0. The molecule has 0 bridgehead atoms. The van der Waals surface area contributed by atoms with Crippen molar-refractivity contribution in [3.63, 3.8) is 0 Å². The molecule has 1 fully saturated rings. The number of allylic oxidation sites excluding steroid dienone is 1. The first-order chi connectivity index (χ1) is 11.9. The summed E-state index contributed by atoms with van der Waals surface area (Å²) in [7, 11) is 2.86. The van der Waals surface area contributed by atoms with E-state index in [2.05, 4.69) is 6.58 Å². The number of carboxylic acid groups (broad SMARTS) is 1. The van der Waals surface area contributed by atoms with Crippen molar-refractivity contribution in [1.82, 2.24) is 4.90 Å². The topological polar surface area (TPSA) is 93.1 Å². The number of rotatable bonds is 7. The largest absolute Gasteiger partial charge is 0.493 e. The van der Waals surface area contributed by atoms with E-state index in [1.807, 2.05) is 0 Å². The van der Waals surface area contributed by atoms with E-state index in [4.69, 9.17) is 14.6 Å². The first-order valence-electron chi connectivity index (χ1n) is 7.25. The minimum absolute atomic E-state index is 0.304. The predicted octanol–water partition coefficient (Wildman–Crippen LogP) is 2.55. The third kappa shape index (κ3) is 4.21. The quantitative estimate of drug-likeness (QED) is 0.588.